The van der Waals surface area contributed by atoms with Crippen LogP contribution in [0.3, 0.4) is 0 Å². The van der Waals surface area contributed by atoms with Crippen molar-refractivity contribution >= 4 is 17.5 Å². The van der Waals surface area contributed by atoms with Gasteiger partial charge < -0.3 is 5.32 Å². The van der Waals surface area contributed by atoms with Crippen molar-refractivity contribution in [2.75, 3.05) is 5.88 Å². The minimum absolute atomic E-state index is 0.0307. The number of benzene rings is 1. The van der Waals surface area contributed by atoms with Gasteiger partial charge in [0.2, 0.25) is 5.91 Å². The zero-order chi connectivity index (χ0) is 11.8. The zero-order valence-corrected chi connectivity index (χ0v) is 10.3. The van der Waals surface area contributed by atoms with E-state index >= 15 is 0 Å². The zero-order valence-electron chi connectivity index (χ0n) is 9.58. The van der Waals surface area contributed by atoms with Crippen molar-refractivity contribution in [1.82, 2.24) is 5.32 Å². The summed E-state index contributed by atoms with van der Waals surface area (Å²) in [6.07, 6.45) is 2.23. The fourth-order valence-electron chi connectivity index (χ4n) is 1.57. The second kappa shape index (κ2) is 7.29. The van der Waals surface area contributed by atoms with E-state index in [0.717, 1.165) is 12.8 Å². The van der Waals surface area contributed by atoms with Crippen LogP contribution in [0.2, 0.25) is 0 Å². The third-order valence-corrected chi connectivity index (χ3v) is 2.73. The van der Waals surface area contributed by atoms with E-state index in [0.29, 0.717) is 12.3 Å². The predicted molar refractivity (Wildman–Crippen MR) is 67.7 cm³/mol. The van der Waals surface area contributed by atoms with Crippen LogP contribution in [0.15, 0.2) is 30.3 Å². The summed E-state index contributed by atoms with van der Waals surface area (Å²) in [5.74, 6) is 0.536. The Kier molecular flexibility index (Phi) is 5.94. The van der Waals surface area contributed by atoms with E-state index in [-0.39, 0.29) is 11.9 Å². The van der Waals surface area contributed by atoms with Gasteiger partial charge >= 0.3 is 0 Å². The first kappa shape index (κ1) is 13.0. The summed E-state index contributed by atoms with van der Waals surface area (Å²) >= 11 is 5.85. The molecule has 1 amide bonds. The molecule has 3 heteroatoms. The van der Waals surface area contributed by atoms with Crippen molar-refractivity contribution in [1.29, 1.82) is 0 Å². The minimum atomic E-state index is 0.0307. The monoisotopic (exact) mass is 239 g/mol. The maximum Gasteiger partial charge on any atom is 0.220 e. The van der Waals surface area contributed by atoms with Gasteiger partial charge in [0.1, 0.15) is 0 Å². The lowest BCUT2D eigenvalue weighted by Crippen LogP contribution is -2.37. The van der Waals surface area contributed by atoms with Crippen LogP contribution < -0.4 is 5.32 Å². The Balaban J connectivity index is 2.46. The molecule has 1 atom stereocenters. The average molecular weight is 240 g/mol. The molecule has 0 saturated carbocycles. The lowest BCUT2D eigenvalue weighted by Gasteiger charge is -2.15. The van der Waals surface area contributed by atoms with Crippen LogP contribution in [0.1, 0.15) is 25.3 Å². The molecule has 88 valence electrons. The molecule has 1 rings (SSSR count). The molecule has 1 aromatic rings. The Morgan fingerprint density at radius 2 is 2.06 bits per heavy atom. The third kappa shape index (κ3) is 4.67. The minimum Gasteiger partial charge on any atom is -0.352 e. The highest BCUT2D eigenvalue weighted by Crippen LogP contribution is 2.05. The molecular weight excluding hydrogens is 222 g/mol. The van der Waals surface area contributed by atoms with Gasteiger partial charge in [0, 0.05) is 18.3 Å². The number of rotatable bonds is 6. The van der Waals surface area contributed by atoms with Crippen molar-refractivity contribution in [2.24, 2.45) is 0 Å². The predicted octanol–water partition coefficient (Wildman–Crippen LogP) is 2.75. The highest BCUT2D eigenvalue weighted by atomic mass is 35.5. The number of alkyl halides is 1. The third-order valence-electron chi connectivity index (χ3n) is 2.35. The number of halogens is 1. The molecule has 0 radical (unpaired) electrons. The number of nitrogens with one attached hydrogen (secondary N) is 1. The SMILES string of the molecule is CCCC(=O)N[C@H](CCl)Cc1ccccc1. The smallest absolute Gasteiger partial charge is 0.220 e. The molecule has 0 aliphatic heterocycles. The van der Waals surface area contributed by atoms with Gasteiger partial charge in [0.05, 0.1) is 0 Å². The fourth-order valence-corrected chi connectivity index (χ4v) is 1.76. The lowest BCUT2D eigenvalue weighted by atomic mass is 10.1. The van der Waals surface area contributed by atoms with Crippen LogP contribution >= 0.6 is 11.6 Å². The number of hydrogen-bond acceptors (Lipinski definition) is 1. The van der Waals surface area contributed by atoms with Gasteiger partial charge in [-0.3, -0.25) is 4.79 Å². The first-order valence-electron chi connectivity index (χ1n) is 5.65. The van der Waals surface area contributed by atoms with Crippen molar-refractivity contribution in [3.8, 4) is 0 Å². The average Bonchev–Trinajstić information content (AvgIpc) is 2.30. The molecule has 0 aliphatic carbocycles. The van der Waals surface area contributed by atoms with Gasteiger partial charge in [-0.25, -0.2) is 0 Å². The molecule has 1 aromatic carbocycles. The highest BCUT2D eigenvalue weighted by molar-refractivity contribution is 6.18. The summed E-state index contributed by atoms with van der Waals surface area (Å²) in [5, 5.41) is 2.95. The van der Waals surface area contributed by atoms with Gasteiger partial charge in [-0.1, -0.05) is 37.3 Å². The van der Waals surface area contributed by atoms with E-state index in [1.807, 2.05) is 37.3 Å². The molecule has 16 heavy (non-hydrogen) atoms. The molecule has 0 saturated heterocycles. The summed E-state index contributed by atoms with van der Waals surface area (Å²) in [7, 11) is 0. The number of carbonyl (C=O) groups is 1. The normalized spacial score (nSPS) is 12.1. The summed E-state index contributed by atoms with van der Waals surface area (Å²) in [5.41, 5.74) is 1.20. The molecule has 0 aliphatic rings. The topological polar surface area (TPSA) is 29.1 Å². The van der Waals surface area contributed by atoms with E-state index in [1.165, 1.54) is 5.56 Å². The van der Waals surface area contributed by atoms with E-state index in [2.05, 4.69) is 5.32 Å². The van der Waals surface area contributed by atoms with Crippen LogP contribution in [0.5, 0.6) is 0 Å². The Labute approximate surface area is 102 Å². The lowest BCUT2D eigenvalue weighted by molar-refractivity contribution is -0.121. The molecule has 0 spiro atoms. The maximum atomic E-state index is 11.4. The first-order chi connectivity index (χ1) is 7.76. The molecule has 1 N–H and O–H groups in total. The van der Waals surface area contributed by atoms with Crippen molar-refractivity contribution in [3.05, 3.63) is 35.9 Å². The Morgan fingerprint density at radius 1 is 1.38 bits per heavy atom. The summed E-state index contributed by atoms with van der Waals surface area (Å²) in [4.78, 5) is 11.4. The molecule has 0 heterocycles. The van der Waals surface area contributed by atoms with Gasteiger partial charge in [0.15, 0.2) is 0 Å². The van der Waals surface area contributed by atoms with E-state index < -0.39 is 0 Å². The number of amides is 1. The highest BCUT2D eigenvalue weighted by Gasteiger charge is 2.10. The second-order valence-electron chi connectivity index (χ2n) is 3.86. The summed E-state index contributed by atoms with van der Waals surface area (Å²) in [6.45, 7) is 1.99. The Morgan fingerprint density at radius 3 is 2.62 bits per heavy atom. The van der Waals surface area contributed by atoms with Crippen LogP contribution in [0.4, 0.5) is 0 Å². The van der Waals surface area contributed by atoms with Gasteiger partial charge in [-0.15, -0.1) is 11.6 Å². The van der Waals surface area contributed by atoms with Crippen LogP contribution in [0.25, 0.3) is 0 Å². The maximum absolute atomic E-state index is 11.4. The molecule has 0 unspecified atom stereocenters. The van der Waals surface area contributed by atoms with Crippen molar-refractivity contribution in [3.63, 3.8) is 0 Å². The van der Waals surface area contributed by atoms with E-state index in [9.17, 15) is 4.79 Å². The second-order valence-corrected chi connectivity index (χ2v) is 4.17. The van der Waals surface area contributed by atoms with Crippen LogP contribution in [-0.2, 0) is 11.2 Å². The van der Waals surface area contributed by atoms with Gasteiger partial charge in [0.25, 0.3) is 0 Å². The van der Waals surface area contributed by atoms with Crippen molar-refractivity contribution < 1.29 is 4.79 Å². The van der Waals surface area contributed by atoms with Gasteiger partial charge in [-0.2, -0.15) is 0 Å². The van der Waals surface area contributed by atoms with Crippen molar-refractivity contribution in [2.45, 2.75) is 32.2 Å². The Hall–Kier alpha value is -1.02. The fraction of sp³-hybridized carbons (Fsp3) is 0.462. The van der Waals surface area contributed by atoms with E-state index in [1.54, 1.807) is 0 Å². The molecule has 0 bridgehead atoms. The molecular formula is C13H18ClNO. The first-order valence-corrected chi connectivity index (χ1v) is 6.19. The molecule has 0 aromatic heterocycles. The quantitative estimate of drug-likeness (QED) is 0.760. The standard InChI is InChI=1S/C13H18ClNO/c1-2-6-13(16)15-12(10-14)9-11-7-4-3-5-8-11/h3-5,7-8,12H,2,6,9-10H2,1H3,(H,15,16)/t12-/m0/s1. The van der Waals surface area contributed by atoms with E-state index in [4.69, 9.17) is 11.6 Å². The molecule has 2 nitrogen and oxygen atoms in total. The van der Waals surface area contributed by atoms with Crippen LogP contribution in [-0.4, -0.2) is 17.8 Å². The largest absolute Gasteiger partial charge is 0.352 e. The summed E-state index contributed by atoms with van der Waals surface area (Å²) < 4.78 is 0. The Bertz CT molecular complexity index is 313. The van der Waals surface area contributed by atoms with Crippen LogP contribution in [0, 0.1) is 0 Å². The molecule has 0 fully saturated rings. The summed E-state index contributed by atoms with van der Waals surface area (Å²) in [6, 6.07) is 10.1. The number of carbonyl (C=O) groups excluding carboxylic acids is 1. The van der Waals surface area contributed by atoms with Gasteiger partial charge in [-0.05, 0) is 18.4 Å². The number of hydrogen-bond donors (Lipinski definition) is 1.